The van der Waals surface area contributed by atoms with E-state index >= 15 is 0 Å². The Morgan fingerprint density at radius 3 is 2.62 bits per heavy atom. The Hall–Kier alpha value is -1.10. The monoisotopic (exact) mass is 291 g/mol. The summed E-state index contributed by atoms with van der Waals surface area (Å²) in [4.78, 5) is 4.85. The van der Waals surface area contributed by atoms with E-state index in [1.165, 1.54) is 24.9 Å². The van der Waals surface area contributed by atoms with Crippen LogP contribution in [0.15, 0.2) is 24.3 Å². The number of ether oxygens (including phenoxy) is 1. The standard InChI is InChI=1S/C17H29N3O/c1-4-21-16-9-7-14(8-10-16)17(12-18)20(3)13-15-6-5-11-19(15)2/h7-10,15,17H,4-6,11-13,18H2,1-3H3. The fourth-order valence-corrected chi connectivity index (χ4v) is 3.19. The first-order valence-electron chi connectivity index (χ1n) is 7.99. The number of likely N-dealkylation sites (N-methyl/N-ethyl adjacent to an activating group) is 2. The summed E-state index contributed by atoms with van der Waals surface area (Å²) in [6.07, 6.45) is 2.60. The maximum atomic E-state index is 6.02. The highest BCUT2D eigenvalue weighted by molar-refractivity contribution is 5.29. The van der Waals surface area contributed by atoms with E-state index < -0.39 is 0 Å². The highest BCUT2D eigenvalue weighted by Crippen LogP contribution is 2.24. The molecular formula is C17H29N3O. The van der Waals surface area contributed by atoms with Crippen LogP contribution in [-0.4, -0.2) is 56.2 Å². The average molecular weight is 291 g/mol. The van der Waals surface area contributed by atoms with Crippen LogP contribution in [-0.2, 0) is 0 Å². The van der Waals surface area contributed by atoms with Crippen molar-refractivity contribution < 1.29 is 4.74 Å². The molecule has 0 radical (unpaired) electrons. The molecule has 1 aromatic rings. The van der Waals surface area contributed by atoms with Crippen molar-refractivity contribution >= 4 is 0 Å². The Labute approximate surface area is 128 Å². The van der Waals surface area contributed by atoms with E-state index in [-0.39, 0.29) is 6.04 Å². The van der Waals surface area contributed by atoms with Gasteiger partial charge in [-0.25, -0.2) is 0 Å². The highest BCUT2D eigenvalue weighted by Gasteiger charge is 2.25. The lowest BCUT2D eigenvalue weighted by atomic mass is 10.0. The summed E-state index contributed by atoms with van der Waals surface area (Å²) < 4.78 is 5.50. The predicted octanol–water partition coefficient (Wildman–Crippen LogP) is 2.11. The molecule has 0 aliphatic carbocycles. The lowest BCUT2D eigenvalue weighted by Crippen LogP contribution is -2.40. The molecule has 4 nitrogen and oxygen atoms in total. The van der Waals surface area contributed by atoms with Gasteiger partial charge < -0.3 is 15.4 Å². The van der Waals surface area contributed by atoms with Gasteiger partial charge in [-0.05, 0) is 58.1 Å². The Morgan fingerprint density at radius 1 is 1.38 bits per heavy atom. The van der Waals surface area contributed by atoms with Crippen molar-refractivity contribution in [3.8, 4) is 5.75 Å². The van der Waals surface area contributed by atoms with E-state index in [4.69, 9.17) is 10.5 Å². The second-order valence-corrected chi connectivity index (χ2v) is 5.97. The van der Waals surface area contributed by atoms with E-state index in [0.29, 0.717) is 19.2 Å². The van der Waals surface area contributed by atoms with Crippen molar-refractivity contribution in [1.82, 2.24) is 9.80 Å². The number of nitrogens with two attached hydrogens (primary N) is 1. The van der Waals surface area contributed by atoms with E-state index in [0.717, 1.165) is 12.3 Å². The van der Waals surface area contributed by atoms with Crippen molar-refractivity contribution in [2.45, 2.75) is 31.8 Å². The zero-order chi connectivity index (χ0) is 15.2. The average Bonchev–Trinajstić information content (AvgIpc) is 2.87. The van der Waals surface area contributed by atoms with Crippen LogP contribution >= 0.6 is 0 Å². The van der Waals surface area contributed by atoms with Gasteiger partial charge in [0.1, 0.15) is 5.75 Å². The lowest BCUT2D eigenvalue weighted by molar-refractivity contribution is 0.179. The molecule has 0 saturated carbocycles. The molecule has 1 aliphatic rings. The third-order valence-electron chi connectivity index (χ3n) is 4.50. The summed E-state index contributed by atoms with van der Waals surface area (Å²) in [5.74, 6) is 0.926. The van der Waals surface area contributed by atoms with Crippen LogP contribution in [0.25, 0.3) is 0 Å². The van der Waals surface area contributed by atoms with Gasteiger partial charge >= 0.3 is 0 Å². The van der Waals surface area contributed by atoms with Crippen molar-refractivity contribution in [1.29, 1.82) is 0 Å². The molecule has 0 aromatic heterocycles. The second-order valence-electron chi connectivity index (χ2n) is 5.97. The van der Waals surface area contributed by atoms with Gasteiger partial charge in [0.25, 0.3) is 0 Å². The molecule has 1 fully saturated rings. The maximum Gasteiger partial charge on any atom is 0.119 e. The van der Waals surface area contributed by atoms with Crippen molar-refractivity contribution in [2.24, 2.45) is 5.73 Å². The molecule has 0 amide bonds. The normalized spacial score (nSPS) is 20.9. The highest BCUT2D eigenvalue weighted by atomic mass is 16.5. The molecule has 1 aliphatic heterocycles. The van der Waals surface area contributed by atoms with Gasteiger partial charge in [-0.2, -0.15) is 0 Å². The van der Waals surface area contributed by atoms with Gasteiger partial charge in [0, 0.05) is 25.2 Å². The summed E-state index contributed by atoms with van der Waals surface area (Å²) in [6.45, 7) is 5.64. The Bertz CT molecular complexity index is 421. The number of likely N-dealkylation sites (tertiary alicyclic amines) is 1. The van der Waals surface area contributed by atoms with Crippen LogP contribution < -0.4 is 10.5 Å². The minimum Gasteiger partial charge on any atom is -0.494 e. The molecular weight excluding hydrogens is 262 g/mol. The summed E-state index contributed by atoms with van der Waals surface area (Å²) in [5.41, 5.74) is 7.29. The van der Waals surface area contributed by atoms with Crippen LogP contribution in [0.5, 0.6) is 5.75 Å². The molecule has 2 N–H and O–H groups in total. The lowest BCUT2D eigenvalue weighted by Gasteiger charge is -2.32. The minimum absolute atomic E-state index is 0.273. The maximum absolute atomic E-state index is 6.02. The van der Waals surface area contributed by atoms with Crippen molar-refractivity contribution in [3.05, 3.63) is 29.8 Å². The third-order valence-corrected chi connectivity index (χ3v) is 4.50. The number of nitrogens with zero attached hydrogens (tertiary/aromatic N) is 2. The first-order chi connectivity index (χ1) is 10.2. The summed E-state index contributed by atoms with van der Waals surface area (Å²) >= 11 is 0. The molecule has 2 atom stereocenters. The Kier molecular flexibility index (Phi) is 6.03. The van der Waals surface area contributed by atoms with E-state index in [1.807, 2.05) is 19.1 Å². The van der Waals surface area contributed by atoms with Gasteiger partial charge in [0.2, 0.25) is 0 Å². The fourth-order valence-electron chi connectivity index (χ4n) is 3.19. The van der Waals surface area contributed by atoms with Crippen molar-refractivity contribution in [3.63, 3.8) is 0 Å². The van der Waals surface area contributed by atoms with Gasteiger partial charge in [-0.15, -0.1) is 0 Å². The minimum atomic E-state index is 0.273. The molecule has 1 heterocycles. The third kappa shape index (κ3) is 4.19. The molecule has 21 heavy (non-hydrogen) atoms. The zero-order valence-electron chi connectivity index (χ0n) is 13.6. The van der Waals surface area contributed by atoms with Gasteiger partial charge in [0.15, 0.2) is 0 Å². The first-order valence-corrected chi connectivity index (χ1v) is 7.99. The summed E-state index contributed by atoms with van der Waals surface area (Å²) in [6, 6.07) is 9.28. The van der Waals surface area contributed by atoms with Crippen LogP contribution in [0.2, 0.25) is 0 Å². The van der Waals surface area contributed by atoms with Gasteiger partial charge in [-0.1, -0.05) is 12.1 Å². The molecule has 2 unspecified atom stereocenters. The molecule has 4 heteroatoms. The van der Waals surface area contributed by atoms with Crippen LogP contribution in [0.4, 0.5) is 0 Å². The largest absolute Gasteiger partial charge is 0.494 e. The van der Waals surface area contributed by atoms with Crippen molar-refractivity contribution in [2.75, 3.05) is 40.3 Å². The zero-order valence-corrected chi connectivity index (χ0v) is 13.6. The molecule has 2 rings (SSSR count). The smallest absolute Gasteiger partial charge is 0.119 e. The van der Waals surface area contributed by atoms with Crippen LogP contribution in [0, 0.1) is 0 Å². The molecule has 0 bridgehead atoms. The quantitative estimate of drug-likeness (QED) is 0.835. The molecule has 1 aromatic carbocycles. The number of hydrogen-bond acceptors (Lipinski definition) is 4. The first kappa shape index (κ1) is 16.3. The molecule has 0 spiro atoms. The predicted molar refractivity (Wildman–Crippen MR) is 87.7 cm³/mol. The number of hydrogen-bond donors (Lipinski definition) is 1. The Morgan fingerprint density at radius 2 is 2.10 bits per heavy atom. The number of rotatable bonds is 7. The van der Waals surface area contributed by atoms with E-state index in [1.54, 1.807) is 0 Å². The topological polar surface area (TPSA) is 41.7 Å². The van der Waals surface area contributed by atoms with Crippen LogP contribution in [0.3, 0.4) is 0 Å². The summed E-state index contributed by atoms with van der Waals surface area (Å²) in [5, 5.41) is 0. The van der Waals surface area contributed by atoms with Gasteiger partial charge in [-0.3, -0.25) is 4.90 Å². The SMILES string of the molecule is CCOc1ccc(C(CN)N(C)CC2CCCN2C)cc1. The fraction of sp³-hybridized carbons (Fsp3) is 0.647. The van der Waals surface area contributed by atoms with Crippen LogP contribution in [0.1, 0.15) is 31.4 Å². The van der Waals surface area contributed by atoms with E-state index in [2.05, 4.69) is 36.0 Å². The Balaban J connectivity index is 2.00. The van der Waals surface area contributed by atoms with E-state index in [9.17, 15) is 0 Å². The summed E-state index contributed by atoms with van der Waals surface area (Å²) in [7, 11) is 4.40. The molecule has 1 saturated heterocycles. The second kappa shape index (κ2) is 7.78. The van der Waals surface area contributed by atoms with Gasteiger partial charge in [0.05, 0.1) is 6.61 Å². The number of benzene rings is 1. The molecule has 118 valence electrons.